The number of nitrogen functional groups attached to an aromatic ring is 1. The number of rotatable bonds is 2. The highest BCUT2D eigenvalue weighted by atomic mass is 14.7. The highest BCUT2D eigenvalue weighted by Gasteiger charge is 2.04. The van der Waals surface area contributed by atoms with Gasteiger partial charge >= 0.3 is 0 Å². The van der Waals surface area contributed by atoms with Crippen molar-refractivity contribution >= 4 is 5.69 Å². The number of hydrogen-bond donors (Lipinski definition) is 1. The van der Waals surface area contributed by atoms with Crippen molar-refractivity contribution in [1.29, 1.82) is 5.26 Å². The predicted molar refractivity (Wildman–Crippen MR) is 63.4 cm³/mol. The zero-order chi connectivity index (χ0) is 11.4. The van der Waals surface area contributed by atoms with Crippen LogP contribution in [0.1, 0.15) is 5.69 Å². The van der Waals surface area contributed by atoms with Crippen molar-refractivity contribution in [2.45, 2.75) is 6.42 Å². The topological polar surface area (TPSA) is 62.7 Å². The van der Waals surface area contributed by atoms with Crippen LogP contribution in [0.15, 0.2) is 42.6 Å². The minimum Gasteiger partial charge on any atom is -0.397 e. The van der Waals surface area contributed by atoms with Crippen molar-refractivity contribution in [3.8, 4) is 17.2 Å². The first-order valence-electron chi connectivity index (χ1n) is 4.98. The molecule has 1 aromatic heterocycles. The van der Waals surface area contributed by atoms with E-state index >= 15 is 0 Å². The Hall–Kier alpha value is -2.34. The number of anilines is 1. The lowest BCUT2D eigenvalue weighted by atomic mass is 10.0. The van der Waals surface area contributed by atoms with Gasteiger partial charge < -0.3 is 5.73 Å². The smallest absolute Gasteiger partial charge is 0.0774 e. The van der Waals surface area contributed by atoms with Gasteiger partial charge in [0.15, 0.2) is 0 Å². The number of nitriles is 1. The van der Waals surface area contributed by atoms with Crippen LogP contribution in [0.3, 0.4) is 0 Å². The quantitative estimate of drug-likeness (QED) is 0.826. The molecule has 2 N–H and O–H groups in total. The van der Waals surface area contributed by atoms with Crippen LogP contribution in [0, 0.1) is 11.3 Å². The van der Waals surface area contributed by atoms with E-state index in [1.54, 1.807) is 6.20 Å². The third kappa shape index (κ3) is 2.01. The van der Waals surface area contributed by atoms with Crippen LogP contribution < -0.4 is 5.73 Å². The number of nitrogens with two attached hydrogens (primary N) is 1. The summed E-state index contributed by atoms with van der Waals surface area (Å²) in [5.74, 6) is 0. The molecule has 0 aliphatic carbocycles. The molecule has 0 amide bonds. The summed E-state index contributed by atoms with van der Waals surface area (Å²) in [6.45, 7) is 0. The fourth-order valence-corrected chi connectivity index (χ4v) is 1.55. The first-order chi connectivity index (χ1) is 7.81. The molecule has 2 rings (SSSR count). The van der Waals surface area contributed by atoms with E-state index in [9.17, 15) is 0 Å². The molecule has 0 spiro atoms. The normalized spacial score (nSPS) is 9.69. The van der Waals surface area contributed by atoms with Crippen LogP contribution in [0.25, 0.3) is 11.1 Å². The van der Waals surface area contributed by atoms with Gasteiger partial charge in [0.2, 0.25) is 0 Å². The molecule has 0 fully saturated rings. The van der Waals surface area contributed by atoms with Gasteiger partial charge in [-0.2, -0.15) is 5.26 Å². The molecule has 16 heavy (non-hydrogen) atoms. The molecule has 0 saturated heterocycles. The summed E-state index contributed by atoms with van der Waals surface area (Å²) in [4.78, 5) is 4.11. The molecule has 0 aliphatic rings. The Kier molecular flexibility index (Phi) is 2.84. The van der Waals surface area contributed by atoms with Crippen LogP contribution >= 0.6 is 0 Å². The van der Waals surface area contributed by atoms with Gasteiger partial charge in [-0.05, 0) is 11.6 Å². The first kappa shape index (κ1) is 10.2. The molecule has 0 unspecified atom stereocenters. The second-order valence-electron chi connectivity index (χ2n) is 3.46. The molecular formula is C13H11N3. The van der Waals surface area contributed by atoms with Gasteiger partial charge in [-0.25, -0.2) is 0 Å². The molecule has 0 radical (unpaired) electrons. The van der Waals surface area contributed by atoms with E-state index < -0.39 is 0 Å². The Labute approximate surface area is 94.2 Å². The highest BCUT2D eigenvalue weighted by Crippen LogP contribution is 2.25. The monoisotopic (exact) mass is 209 g/mol. The van der Waals surface area contributed by atoms with Gasteiger partial charge in [-0.15, -0.1) is 0 Å². The molecule has 0 saturated carbocycles. The molecule has 1 aromatic carbocycles. The van der Waals surface area contributed by atoms with E-state index in [2.05, 4.69) is 11.1 Å². The summed E-state index contributed by atoms with van der Waals surface area (Å²) in [5.41, 5.74) is 9.22. The Bertz CT molecular complexity index is 527. The molecule has 0 bridgehead atoms. The lowest BCUT2D eigenvalue weighted by molar-refractivity contribution is 1.12. The van der Waals surface area contributed by atoms with Gasteiger partial charge in [0, 0.05) is 5.56 Å². The van der Waals surface area contributed by atoms with Crippen molar-refractivity contribution < 1.29 is 0 Å². The summed E-state index contributed by atoms with van der Waals surface area (Å²) in [5, 5.41) is 8.63. The van der Waals surface area contributed by atoms with Crippen molar-refractivity contribution in [1.82, 2.24) is 4.98 Å². The van der Waals surface area contributed by atoms with Gasteiger partial charge in [-0.3, -0.25) is 4.98 Å². The average molecular weight is 209 g/mol. The zero-order valence-corrected chi connectivity index (χ0v) is 8.72. The standard InChI is InChI=1S/C13H11N3/c14-7-6-11-8-12(13(15)9-16-11)10-4-2-1-3-5-10/h1-5,8-9H,6,15H2. The van der Waals surface area contributed by atoms with E-state index in [0.717, 1.165) is 16.8 Å². The molecule has 0 atom stereocenters. The maximum atomic E-state index is 8.63. The third-order valence-electron chi connectivity index (χ3n) is 2.34. The Balaban J connectivity index is 2.48. The number of pyridine rings is 1. The maximum Gasteiger partial charge on any atom is 0.0774 e. The molecule has 1 heterocycles. The van der Waals surface area contributed by atoms with Crippen LogP contribution in [0.4, 0.5) is 5.69 Å². The molecule has 78 valence electrons. The number of nitrogens with zero attached hydrogens (tertiary/aromatic N) is 2. The Morgan fingerprint density at radius 2 is 2.00 bits per heavy atom. The van der Waals surface area contributed by atoms with Crippen LogP contribution in [0.2, 0.25) is 0 Å². The van der Waals surface area contributed by atoms with E-state index in [1.165, 1.54) is 0 Å². The summed E-state index contributed by atoms with van der Waals surface area (Å²) in [7, 11) is 0. The fourth-order valence-electron chi connectivity index (χ4n) is 1.55. The van der Waals surface area contributed by atoms with Gasteiger partial charge in [0.25, 0.3) is 0 Å². The number of benzene rings is 1. The minimum atomic E-state index is 0.306. The zero-order valence-electron chi connectivity index (χ0n) is 8.72. The lowest BCUT2D eigenvalue weighted by Crippen LogP contribution is -1.95. The Morgan fingerprint density at radius 1 is 1.25 bits per heavy atom. The predicted octanol–water partition coefficient (Wildman–Crippen LogP) is 2.40. The molecule has 3 nitrogen and oxygen atoms in total. The van der Waals surface area contributed by atoms with Crippen molar-refractivity contribution in [2.75, 3.05) is 5.73 Å². The van der Waals surface area contributed by atoms with E-state index in [4.69, 9.17) is 11.0 Å². The lowest BCUT2D eigenvalue weighted by Gasteiger charge is -2.06. The molecule has 3 heteroatoms. The van der Waals surface area contributed by atoms with Gasteiger partial charge in [0.1, 0.15) is 0 Å². The molecule has 0 aliphatic heterocycles. The SMILES string of the molecule is N#CCc1cc(-c2ccccc2)c(N)cn1. The largest absolute Gasteiger partial charge is 0.397 e. The first-order valence-corrected chi connectivity index (χ1v) is 4.98. The van der Waals surface area contributed by atoms with Gasteiger partial charge in [0.05, 0.1) is 30.1 Å². The molecular weight excluding hydrogens is 198 g/mol. The average Bonchev–Trinajstić information content (AvgIpc) is 2.33. The van der Waals surface area contributed by atoms with E-state index in [-0.39, 0.29) is 0 Å². The fraction of sp³-hybridized carbons (Fsp3) is 0.0769. The summed E-state index contributed by atoms with van der Waals surface area (Å²) < 4.78 is 0. The van der Waals surface area contributed by atoms with Crippen LogP contribution in [-0.4, -0.2) is 4.98 Å². The second kappa shape index (κ2) is 4.45. The van der Waals surface area contributed by atoms with Crippen molar-refractivity contribution in [3.05, 3.63) is 48.3 Å². The summed E-state index contributed by atoms with van der Waals surface area (Å²) in [6.07, 6.45) is 1.91. The van der Waals surface area contributed by atoms with Crippen molar-refractivity contribution in [2.24, 2.45) is 0 Å². The van der Waals surface area contributed by atoms with Gasteiger partial charge in [-0.1, -0.05) is 30.3 Å². The second-order valence-corrected chi connectivity index (χ2v) is 3.46. The van der Waals surface area contributed by atoms with Crippen LogP contribution in [-0.2, 0) is 6.42 Å². The third-order valence-corrected chi connectivity index (χ3v) is 2.34. The van der Waals surface area contributed by atoms with Crippen LogP contribution in [0.5, 0.6) is 0 Å². The molecule has 2 aromatic rings. The summed E-state index contributed by atoms with van der Waals surface area (Å²) in [6, 6.07) is 13.8. The van der Waals surface area contributed by atoms with E-state index in [1.807, 2.05) is 36.4 Å². The highest BCUT2D eigenvalue weighted by molar-refractivity contribution is 5.75. The van der Waals surface area contributed by atoms with Crippen molar-refractivity contribution in [3.63, 3.8) is 0 Å². The number of hydrogen-bond acceptors (Lipinski definition) is 3. The maximum absolute atomic E-state index is 8.63. The minimum absolute atomic E-state index is 0.306. The Morgan fingerprint density at radius 3 is 2.69 bits per heavy atom. The number of aromatic nitrogens is 1. The summed E-state index contributed by atoms with van der Waals surface area (Å²) >= 11 is 0. The van der Waals surface area contributed by atoms with E-state index in [0.29, 0.717) is 12.1 Å².